The molecule has 0 spiro atoms. The maximum absolute atomic E-state index is 10.7. The molecule has 0 unspecified atom stereocenters. The van der Waals surface area contributed by atoms with Crippen LogP contribution in [-0.4, -0.2) is 5.97 Å². The number of hydrogen-bond donors (Lipinski definition) is 0. The van der Waals surface area contributed by atoms with Gasteiger partial charge in [0.25, 0.3) is 0 Å². The summed E-state index contributed by atoms with van der Waals surface area (Å²) < 4.78 is 10.9. The predicted molar refractivity (Wildman–Crippen MR) is 83.1 cm³/mol. The molecule has 0 N–H and O–H groups in total. The molecule has 1 aromatic heterocycles. The van der Waals surface area contributed by atoms with Gasteiger partial charge >= 0.3 is 0 Å². The van der Waals surface area contributed by atoms with E-state index in [-0.39, 0.29) is 12.4 Å². The van der Waals surface area contributed by atoms with Crippen LogP contribution in [0.15, 0.2) is 71.1 Å². The zero-order chi connectivity index (χ0) is 16.1. The maximum Gasteiger partial charge on any atom is 0.149 e. The van der Waals surface area contributed by atoms with Crippen LogP contribution in [0.25, 0.3) is 0 Å². The second-order valence-corrected chi connectivity index (χ2v) is 5.11. The second-order valence-electron chi connectivity index (χ2n) is 5.11. The van der Waals surface area contributed by atoms with E-state index in [1.165, 1.54) is 11.6 Å². The Labute approximate surface area is 134 Å². The van der Waals surface area contributed by atoms with E-state index in [1.54, 1.807) is 6.07 Å². The summed E-state index contributed by atoms with van der Waals surface area (Å²) in [7, 11) is 0. The standard InChI is InChI=1S/C19H16O4/c20-19(21)18-11-10-16(23-18)13-22-17-9-5-4-8-15(17)12-14-6-2-1-3-7-14/h1-11H,12-13H2,(H,20,21)/p-1. The van der Waals surface area contributed by atoms with E-state index in [1.807, 2.05) is 42.5 Å². The number of hydrogen-bond acceptors (Lipinski definition) is 4. The quantitative estimate of drug-likeness (QED) is 0.702. The second kappa shape index (κ2) is 6.83. The van der Waals surface area contributed by atoms with Crippen molar-refractivity contribution in [2.75, 3.05) is 0 Å². The molecule has 0 radical (unpaired) electrons. The lowest BCUT2D eigenvalue weighted by molar-refractivity contribution is -0.257. The van der Waals surface area contributed by atoms with Crippen LogP contribution >= 0.6 is 0 Å². The summed E-state index contributed by atoms with van der Waals surface area (Å²) >= 11 is 0. The Bertz CT molecular complexity index is 790. The molecule has 0 atom stereocenters. The Morgan fingerprint density at radius 1 is 0.957 bits per heavy atom. The zero-order valence-electron chi connectivity index (χ0n) is 12.4. The van der Waals surface area contributed by atoms with Crippen LogP contribution in [0.5, 0.6) is 5.75 Å². The van der Waals surface area contributed by atoms with Gasteiger partial charge in [0, 0.05) is 6.42 Å². The number of carbonyl (C=O) groups is 1. The van der Waals surface area contributed by atoms with E-state index in [0.29, 0.717) is 5.76 Å². The van der Waals surface area contributed by atoms with Crippen molar-refractivity contribution in [3.8, 4) is 5.75 Å². The highest BCUT2D eigenvalue weighted by Gasteiger charge is 2.07. The van der Waals surface area contributed by atoms with Crippen molar-refractivity contribution >= 4 is 5.97 Å². The number of aromatic carboxylic acids is 1. The van der Waals surface area contributed by atoms with Crippen LogP contribution in [0.3, 0.4) is 0 Å². The summed E-state index contributed by atoms with van der Waals surface area (Å²) in [4.78, 5) is 10.7. The molecule has 0 amide bonds. The van der Waals surface area contributed by atoms with Gasteiger partial charge in [-0.25, -0.2) is 0 Å². The lowest BCUT2D eigenvalue weighted by Crippen LogP contribution is -2.21. The number of para-hydroxylation sites is 1. The molecule has 0 bridgehead atoms. The summed E-state index contributed by atoms with van der Waals surface area (Å²) in [5.41, 5.74) is 2.26. The van der Waals surface area contributed by atoms with Crippen molar-refractivity contribution in [1.29, 1.82) is 0 Å². The van der Waals surface area contributed by atoms with Gasteiger partial charge in [0.15, 0.2) is 0 Å². The molecule has 116 valence electrons. The molecule has 0 saturated heterocycles. The molecule has 4 nitrogen and oxygen atoms in total. The van der Waals surface area contributed by atoms with Gasteiger partial charge in [-0.05, 0) is 29.3 Å². The molecule has 0 aliphatic rings. The molecular formula is C19H15O4-. The minimum atomic E-state index is -1.33. The van der Waals surface area contributed by atoms with Gasteiger partial charge in [0.2, 0.25) is 0 Å². The van der Waals surface area contributed by atoms with Gasteiger partial charge in [-0.15, -0.1) is 0 Å². The predicted octanol–water partition coefficient (Wildman–Crippen LogP) is 2.81. The van der Waals surface area contributed by atoms with Crippen LogP contribution in [0.2, 0.25) is 0 Å². The van der Waals surface area contributed by atoms with Crippen molar-refractivity contribution in [2.24, 2.45) is 0 Å². The summed E-state index contributed by atoms with van der Waals surface area (Å²) in [6.07, 6.45) is 0.763. The van der Waals surface area contributed by atoms with Crippen molar-refractivity contribution < 1.29 is 19.1 Å². The Hall–Kier alpha value is -3.01. The van der Waals surface area contributed by atoms with Crippen LogP contribution in [0, 0.1) is 0 Å². The lowest BCUT2D eigenvalue weighted by Gasteiger charge is -2.10. The fraction of sp³-hybridized carbons (Fsp3) is 0.105. The first-order valence-corrected chi connectivity index (χ1v) is 7.27. The molecule has 0 aliphatic carbocycles. The summed E-state index contributed by atoms with van der Waals surface area (Å²) in [5, 5.41) is 10.7. The molecule has 0 fully saturated rings. The third-order valence-corrected chi connectivity index (χ3v) is 3.44. The molecule has 4 heteroatoms. The Morgan fingerprint density at radius 2 is 1.70 bits per heavy atom. The molecule has 1 heterocycles. The SMILES string of the molecule is O=C([O-])c1ccc(COc2ccccc2Cc2ccccc2)o1. The molecular weight excluding hydrogens is 292 g/mol. The van der Waals surface area contributed by atoms with Gasteiger partial charge in [-0.1, -0.05) is 48.5 Å². The topological polar surface area (TPSA) is 62.5 Å². The van der Waals surface area contributed by atoms with Crippen LogP contribution < -0.4 is 9.84 Å². The number of benzene rings is 2. The van der Waals surface area contributed by atoms with E-state index < -0.39 is 5.97 Å². The van der Waals surface area contributed by atoms with Crippen molar-refractivity contribution in [2.45, 2.75) is 13.0 Å². The first-order chi connectivity index (χ1) is 11.2. The Morgan fingerprint density at radius 3 is 2.43 bits per heavy atom. The number of carboxylic acid groups (broad SMARTS) is 1. The Balaban J connectivity index is 1.71. The fourth-order valence-electron chi connectivity index (χ4n) is 2.32. The van der Waals surface area contributed by atoms with Crippen LogP contribution in [0.1, 0.15) is 27.4 Å². The minimum absolute atomic E-state index is 0.166. The average molecular weight is 307 g/mol. The van der Waals surface area contributed by atoms with E-state index in [9.17, 15) is 9.90 Å². The average Bonchev–Trinajstić information content (AvgIpc) is 3.04. The largest absolute Gasteiger partial charge is 0.542 e. The molecule has 3 aromatic rings. The van der Waals surface area contributed by atoms with Gasteiger partial charge in [0.05, 0.1) is 0 Å². The van der Waals surface area contributed by atoms with Gasteiger partial charge < -0.3 is 19.1 Å². The molecule has 0 aliphatic heterocycles. The highest BCUT2D eigenvalue weighted by Crippen LogP contribution is 2.22. The monoisotopic (exact) mass is 307 g/mol. The lowest BCUT2D eigenvalue weighted by atomic mass is 10.0. The third kappa shape index (κ3) is 3.80. The first kappa shape index (κ1) is 14.9. The minimum Gasteiger partial charge on any atom is -0.542 e. The first-order valence-electron chi connectivity index (χ1n) is 7.27. The van der Waals surface area contributed by atoms with Crippen molar-refractivity contribution in [3.05, 3.63) is 89.4 Å². The van der Waals surface area contributed by atoms with E-state index >= 15 is 0 Å². The van der Waals surface area contributed by atoms with E-state index in [2.05, 4.69) is 12.1 Å². The van der Waals surface area contributed by atoms with Gasteiger partial charge in [-0.2, -0.15) is 0 Å². The van der Waals surface area contributed by atoms with Crippen LogP contribution in [0.4, 0.5) is 0 Å². The summed E-state index contributed by atoms with van der Waals surface area (Å²) in [6, 6.07) is 20.8. The van der Waals surface area contributed by atoms with E-state index in [0.717, 1.165) is 17.7 Å². The van der Waals surface area contributed by atoms with Crippen molar-refractivity contribution in [1.82, 2.24) is 0 Å². The summed E-state index contributed by atoms with van der Waals surface area (Å²) in [6.45, 7) is 0.166. The highest BCUT2D eigenvalue weighted by molar-refractivity contribution is 5.82. The highest BCUT2D eigenvalue weighted by atomic mass is 16.5. The maximum atomic E-state index is 10.7. The third-order valence-electron chi connectivity index (χ3n) is 3.44. The summed E-state index contributed by atoms with van der Waals surface area (Å²) in [5.74, 6) is -0.330. The number of rotatable bonds is 6. The molecule has 0 saturated carbocycles. The molecule has 3 rings (SSSR count). The fourth-order valence-corrected chi connectivity index (χ4v) is 2.32. The van der Waals surface area contributed by atoms with Crippen molar-refractivity contribution in [3.63, 3.8) is 0 Å². The molecule has 23 heavy (non-hydrogen) atoms. The zero-order valence-corrected chi connectivity index (χ0v) is 12.4. The van der Waals surface area contributed by atoms with Gasteiger partial charge in [-0.3, -0.25) is 0 Å². The normalized spacial score (nSPS) is 10.4. The van der Waals surface area contributed by atoms with Crippen LogP contribution in [-0.2, 0) is 13.0 Å². The number of furan rings is 1. The number of ether oxygens (including phenoxy) is 1. The molecule has 2 aromatic carbocycles. The smallest absolute Gasteiger partial charge is 0.149 e. The Kier molecular flexibility index (Phi) is 4.43. The van der Waals surface area contributed by atoms with Gasteiger partial charge in [0.1, 0.15) is 29.8 Å². The van der Waals surface area contributed by atoms with E-state index in [4.69, 9.17) is 9.15 Å². The number of carboxylic acids is 1. The number of carbonyl (C=O) groups excluding carboxylic acids is 1.